The van der Waals surface area contributed by atoms with E-state index in [1.807, 2.05) is 37.8 Å². The number of hydrogen-bond acceptors (Lipinski definition) is 8. The van der Waals surface area contributed by atoms with E-state index in [2.05, 4.69) is 36.5 Å². The first-order valence-corrected chi connectivity index (χ1v) is 8.85. The van der Waals surface area contributed by atoms with Crippen molar-refractivity contribution in [3.05, 3.63) is 47.9 Å². The lowest BCUT2D eigenvalue weighted by molar-refractivity contribution is 0.768. The molecule has 1 atom stereocenters. The molecule has 0 bridgehead atoms. The molecule has 3 aromatic heterocycles. The molecule has 4 aromatic rings. The highest BCUT2D eigenvalue weighted by molar-refractivity contribution is 7.16. The Morgan fingerprint density at radius 3 is 2.92 bits per heavy atom. The summed E-state index contributed by atoms with van der Waals surface area (Å²) < 4.78 is 2.84. The number of anilines is 1. The van der Waals surface area contributed by atoms with Gasteiger partial charge in [-0.3, -0.25) is 4.68 Å². The molecule has 0 spiro atoms. The molecular formula is C17H16N8S. The minimum Gasteiger partial charge on any atom is -0.360 e. The molecule has 2 N–H and O–H groups in total. The van der Waals surface area contributed by atoms with E-state index in [4.69, 9.17) is 5.53 Å². The monoisotopic (exact) mass is 364 g/mol. The maximum atomic E-state index is 7.36. The van der Waals surface area contributed by atoms with Gasteiger partial charge in [0.2, 0.25) is 5.82 Å². The molecule has 3 heterocycles. The van der Waals surface area contributed by atoms with Crippen molar-refractivity contribution < 1.29 is 0 Å². The van der Waals surface area contributed by atoms with Crippen LogP contribution in [0.5, 0.6) is 0 Å². The van der Waals surface area contributed by atoms with E-state index >= 15 is 0 Å². The lowest BCUT2D eigenvalue weighted by atomic mass is 10.1. The fourth-order valence-electron chi connectivity index (χ4n) is 2.68. The van der Waals surface area contributed by atoms with Gasteiger partial charge in [0, 0.05) is 18.8 Å². The molecule has 26 heavy (non-hydrogen) atoms. The molecule has 0 saturated heterocycles. The number of rotatable bonds is 5. The fourth-order valence-corrected chi connectivity index (χ4v) is 3.41. The van der Waals surface area contributed by atoms with Gasteiger partial charge in [-0.1, -0.05) is 6.07 Å². The minimum absolute atomic E-state index is 0.0274. The molecule has 8 nitrogen and oxygen atoms in total. The van der Waals surface area contributed by atoms with Crippen LogP contribution in [0.1, 0.15) is 18.5 Å². The summed E-state index contributed by atoms with van der Waals surface area (Å²) in [4.78, 5) is 13.1. The predicted molar refractivity (Wildman–Crippen MR) is 101 cm³/mol. The van der Waals surface area contributed by atoms with Crippen LogP contribution in [0.2, 0.25) is 0 Å². The number of aryl methyl sites for hydroxylation is 1. The second-order valence-corrected chi connectivity index (χ2v) is 6.77. The Kier molecular flexibility index (Phi) is 4.13. The Hall–Kier alpha value is -3.20. The van der Waals surface area contributed by atoms with Gasteiger partial charge < -0.3 is 5.32 Å². The third-order valence-corrected chi connectivity index (χ3v) is 4.86. The third-order valence-electron chi connectivity index (χ3n) is 4.07. The Bertz CT molecular complexity index is 1080. The molecule has 130 valence electrons. The van der Waals surface area contributed by atoms with Crippen molar-refractivity contribution >= 4 is 33.2 Å². The summed E-state index contributed by atoms with van der Waals surface area (Å²) in [7, 11) is 1.85. The fraction of sp³-hybridized carbons (Fsp3) is 0.176. The van der Waals surface area contributed by atoms with Gasteiger partial charge in [0.05, 0.1) is 39.9 Å². The summed E-state index contributed by atoms with van der Waals surface area (Å²) in [5.74, 6) is 0.724. The van der Waals surface area contributed by atoms with Crippen LogP contribution in [0.15, 0.2) is 47.4 Å². The van der Waals surface area contributed by atoms with Gasteiger partial charge in [-0.2, -0.15) is 5.10 Å². The van der Waals surface area contributed by atoms with Crippen LogP contribution in [0, 0.1) is 5.53 Å². The Labute approximate surface area is 153 Å². The van der Waals surface area contributed by atoms with E-state index in [0.717, 1.165) is 21.3 Å². The third kappa shape index (κ3) is 3.04. The number of nitrogens with zero attached hydrogens (tertiary/aromatic N) is 6. The molecule has 9 heteroatoms. The number of benzene rings is 1. The van der Waals surface area contributed by atoms with E-state index in [9.17, 15) is 0 Å². The normalized spacial score (nSPS) is 12.2. The molecule has 0 aliphatic rings. The zero-order valence-corrected chi connectivity index (χ0v) is 15.0. The van der Waals surface area contributed by atoms with Crippen molar-refractivity contribution in [3.8, 4) is 11.3 Å². The van der Waals surface area contributed by atoms with Crippen LogP contribution in [0.4, 0.5) is 11.6 Å². The molecule has 4 rings (SSSR count). The Balaban J connectivity index is 1.66. The van der Waals surface area contributed by atoms with Gasteiger partial charge in [-0.25, -0.2) is 20.5 Å². The Morgan fingerprint density at radius 2 is 2.15 bits per heavy atom. The second-order valence-electron chi connectivity index (χ2n) is 5.89. The lowest BCUT2D eigenvalue weighted by Crippen LogP contribution is -2.09. The topological polar surface area (TPSA) is 105 Å². The smallest absolute Gasteiger partial charge is 0.216 e. The second kappa shape index (κ2) is 6.60. The largest absolute Gasteiger partial charge is 0.360 e. The molecule has 0 amide bonds. The van der Waals surface area contributed by atoms with Crippen LogP contribution in [0.25, 0.3) is 21.5 Å². The average Bonchev–Trinajstić information content (AvgIpc) is 3.29. The summed E-state index contributed by atoms with van der Waals surface area (Å²) in [6.07, 6.45) is 5.20. The van der Waals surface area contributed by atoms with E-state index in [1.165, 1.54) is 0 Å². The van der Waals surface area contributed by atoms with E-state index in [1.54, 1.807) is 28.4 Å². The summed E-state index contributed by atoms with van der Waals surface area (Å²) in [5, 5.41) is 11.0. The van der Waals surface area contributed by atoms with Crippen LogP contribution < -0.4 is 5.32 Å². The summed E-state index contributed by atoms with van der Waals surface area (Å²) in [6, 6.07) is 6.13. The van der Waals surface area contributed by atoms with Crippen LogP contribution >= 0.6 is 11.3 Å². The van der Waals surface area contributed by atoms with Gasteiger partial charge in [0.25, 0.3) is 0 Å². The number of nitrogens with one attached hydrogen (secondary N) is 2. The maximum Gasteiger partial charge on any atom is 0.216 e. The molecule has 1 aromatic carbocycles. The minimum atomic E-state index is -0.0274. The Morgan fingerprint density at radius 1 is 1.27 bits per heavy atom. The SMILES string of the molecule is CC(Nc1nc(-c2cnn(C)c2)cnc1N=N)c1ccc2ncsc2c1. The summed E-state index contributed by atoms with van der Waals surface area (Å²) in [5.41, 5.74) is 12.8. The van der Waals surface area contributed by atoms with Crippen LogP contribution in [-0.4, -0.2) is 24.7 Å². The molecule has 0 saturated carbocycles. The van der Waals surface area contributed by atoms with E-state index in [-0.39, 0.29) is 11.9 Å². The zero-order valence-electron chi connectivity index (χ0n) is 14.2. The van der Waals surface area contributed by atoms with Crippen molar-refractivity contribution in [1.82, 2.24) is 24.7 Å². The van der Waals surface area contributed by atoms with Crippen molar-refractivity contribution in [2.45, 2.75) is 13.0 Å². The van der Waals surface area contributed by atoms with Crippen molar-refractivity contribution in [1.29, 1.82) is 5.53 Å². The summed E-state index contributed by atoms with van der Waals surface area (Å²) in [6.45, 7) is 2.04. The van der Waals surface area contributed by atoms with Gasteiger partial charge in [-0.05, 0) is 24.6 Å². The number of fused-ring (bicyclic) bond motifs is 1. The van der Waals surface area contributed by atoms with Gasteiger partial charge in [-0.15, -0.1) is 16.5 Å². The first-order valence-electron chi connectivity index (χ1n) is 7.97. The molecule has 0 fully saturated rings. The highest BCUT2D eigenvalue weighted by Gasteiger charge is 2.14. The molecular weight excluding hydrogens is 348 g/mol. The predicted octanol–water partition coefficient (Wildman–Crippen LogP) is 4.32. The van der Waals surface area contributed by atoms with Gasteiger partial charge in [0.1, 0.15) is 0 Å². The summed E-state index contributed by atoms with van der Waals surface area (Å²) >= 11 is 1.61. The molecule has 0 aliphatic heterocycles. The lowest BCUT2D eigenvalue weighted by Gasteiger charge is -2.16. The van der Waals surface area contributed by atoms with Crippen LogP contribution in [0.3, 0.4) is 0 Å². The number of hydrogen-bond donors (Lipinski definition) is 2. The maximum absolute atomic E-state index is 7.36. The van der Waals surface area contributed by atoms with Gasteiger partial charge in [0.15, 0.2) is 5.82 Å². The van der Waals surface area contributed by atoms with E-state index < -0.39 is 0 Å². The number of thiazole rings is 1. The highest BCUT2D eigenvalue weighted by atomic mass is 32.1. The zero-order chi connectivity index (χ0) is 18.1. The molecule has 1 unspecified atom stereocenters. The van der Waals surface area contributed by atoms with E-state index in [0.29, 0.717) is 11.5 Å². The van der Waals surface area contributed by atoms with Gasteiger partial charge >= 0.3 is 0 Å². The van der Waals surface area contributed by atoms with Crippen LogP contribution in [-0.2, 0) is 7.05 Å². The highest BCUT2D eigenvalue weighted by Crippen LogP contribution is 2.29. The molecule has 0 aliphatic carbocycles. The standard InChI is InChI=1S/C17H16N8S/c1-10(11-3-4-13-15(5-11)26-9-20-13)22-17-16(24-18)19-7-14(23-17)12-6-21-25(2)8-12/h3-10,18H,1-2H3,(H,22,23). The number of aromatic nitrogens is 5. The quantitative estimate of drug-likeness (QED) is 0.513. The average molecular weight is 364 g/mol. The van der Waals surface area contributed by atoms with Crippen molar-refractivity contribution in [2.75, 3.05) is 5.32 Å². The van der Waals surface area contributed by atoms with Crippen molar-refractivity contribution in [3.63, 3.8) is 0 Å². The van der Waals surface area contributed by atoms with Crippen molar-refractivity contribution in [2.24, 2.45) is 12.2 Å². The first kappa shape index (κ1) is 16.3. The first-order chi connectivity index (χ1) is 12.6. The molecule has 0 radical (unpaired) electrons.